The predicted octanol–water partition coefficient (Wildman–Crippen LogP) is 3.31. The Kier molecular flexibility index (Phi) is 4.46. The van der Waals surface area contributed by atoms with Gasteiger partial charge >= 0.3 is 0 Å². The number of anilines is 1. The van der Waals surface area contributed by atoms with Crippen molar-refractivity contribution in [3.8, 4) is 0 Å². The van der Waals surface area contributed by atoms with Gasteiger partial charge in [0.1, 0.15) is 10.8 Å². The molecule has 2 nitrogen and oxygen atoms in total. The molecule has 0 heterocycles. The van der Waals surface area contributed by atoms with Gasteiger partial charge in [0.2, 0.25) is 0 Å². The van der Waals surface area contributed by atoms with Gasteiger partial charge in [-0.25, -0.2) is 4.39 Å². The summed E-state index contributed by atoms with van der Waals surface area (Å²) < 4.78 is 13.1. The number of hydrogen-bond donors (Lipinski definition) is 2. The van der Waals surface area contributed by atoms with Crippen molar-refractivity contribution < 1.29 is 4.39 Å². The van der Waals surface area contributed by atoms with Gasteiger partial charge in [0, 0.05) is 17.8 Å². The number of nitrogens with two attached hydrogens (primary N) is 1. The molecule has 1 rings (SSSR count). The first kappa shape index (κ1) is 13.9. The van der Waals surface area contributed by atoms with Crippen molar-refractivity contribution in [3.63, 3.8) is 0 Å². The average Bonchev–Trinajstić information content (AvgIpc) is 2.18. The van der Waals surface area contributed by atoms with Crippen LogP contribution in [0.5, 0.6) is 0 Å². The quantitative estimate of drug-likeness (QED) is 0.810. The van der Waals surface area contributed by atoms with Gasteiger partial charge in [0.25, 0.3) is 0 Å². The van der Waals surface area contributed by atoms with Crippen LogP contribution in [-0.2, 0) is 0 Å². The van der Waals surface area contributed by atoms with Gasteiger partial charge in [-0.1, -0.05) is 33.0 Å². The van der Waals surface area contributed by atoms with Crippen molar-refractivity contribution >= 4 is 22.9 Å². The van der Waals surface area contributed by atoms with E-state index < -0.39 is 0 Å². The van der Waals surface area contributed by atoms with Gasteiger partial charge in [-0.2, -0.15) is 0 Å². The number of thiocarbonyl (C=S) groups is 1. The fraction of sp³-hybridized carbons (Fsp3) is 0.462. The third-order valence-electron chi connectivity index (χ3n) is 2.44. The summed E-state index contributed by atoms with van der Waals surface area (Å²) in [7, 11) is 0. The van der Waals surface area contributed by atoms with Crippen LogP contribution in [0, 0.1) is 11.2 Å². The van der Waals surface area contributed by atoms with Gasteiger partial charge in [0.05, 0.1) is 0 Å². The molecule has 94 valence electrons. The van der Waals surface area contributed by atoms with Crippen molar-refractivity contribution in [3.05, 3.63) is 29.6 Å². The molecule has 0 unspecified atom stereocenters. The highest BCUT2D eigenvalue weighted by Gasteiger charge is 2.11. The highest BCUT2D eigenvalue weighted by atomic mass is 32.1. The Hall–Kier alpha value is -1.16. The molecule has 0 aliphatic heterocycles. The summed E-state index contributed by atoms with van der Waals surface area (Å²) >= 11 is 4.90. The first-order chi connectivity index (χ1) is 7.79. The van der Waals surface area contributed by atoms with Gasteiger partial charge in [-0.05, 0) is 30.0 Å². The summed E-state index contributed by atoms with van der Waals surface area (Å²) in [5.41, 5.74) is 7.18. The third kappa shape index (κ3) is 4.69. The molecule has 0 radical (unpaired) electrons. The lowest BCUT2D eigenvalue weighted by Gasteiger charge is -2.19. The number of nitrogens with one attached hydrogen (secondary N) is 1. The Labute approximate surface area is 107 Å². The van der Waals surface area contributed by atoms with Gasteiger partial charge < -0.3 is 11.1 Å². The lowest BCUT2D eigenvalue weighted by Crippen LogP contribution is -2.17. The Balaban J connectivity index is 2.74. The van der Waals surface area contributed by atoms with E-state index in [0.29, 0.717) is 5.56 Å². The maximum Gasteiger partial charge on any atom is 0.124 e. The maximum atomic E-state index is 13.1. The third-order valence-corrected chi connectivity index (χ3v) is 2.66. The Morgan fingerprint density at radius 3 is 2.59 bits per heavy atom. The fourth-order valence-electron chi connectivity index (χ4n) is 1.45. The maximum absolute atomic E-state index is 13.1. The smallest absolute Gasteiger partial charge is 0.124 e. The van der Waals surface area contributed by atoms with Crippen LogP contribution >= 0.6 is 12.2 Å². The van der Waals surface area contributed by atoms with Crippen LogP contribution in [0.2, 0.25) is 0 Å². The van der Waals surface area contributed by atoms with Crippen molar-refractivity contribution in [2.24, 2.45) is 11.1 Å². The topological polar surface area (TPSA) is 38.0 Å². The number of benzene rings is 1. The largest absolute Gasteiger partial charge is 0.389 e. The molecule has 0 fully saturated rings. The van der Waals surface area contributed by atoms with Crippen molar-refractivity contribution in [2.45, 2.75) is 27.2 Å². The molecule has 0 aliphatic rings. The van der Waals surface area contributed by atoms with E-state index in [1.54, 1.807) is 6.07 Å². The SMILES string of the molecule is CC(C)(C)CCNc1ccc(F)cc1C(N)=S. The lowest BCUT2D eigenvalue weighted by molar-refractivity contribution is 0.390. The van der Waals surface area contributed by atoms with E-state index in [1.807, 2.05) is 0 Å². The molecule has 1 aromatic carbocycles. The van der Waals surface area contributed by atoms with E-state index in [0.717, 1.165) is 18.7 Å². The zero-order valence-electron chi connectivity index (χ0n) is 10.5. The van der Waals surface area contributed by atoms with Gasteiger partial charge in [0.15, 0.2) is 0 Å². The normalized spacial score (nSPS) is 11.3. The second-order valence-electron chi connectivity index (χ2n) is 5.29. The Morgan fingerprint density at radius 1 is 1.41 bits per heavy atom. The molecule has 0 aromatic heterocycles. The summed E-state index contributed by atoms with van der Waals surface area (Å²) in [6.07, 6.45) is 1.02. The molecule has 1 aromatic rings. The number of hydrogen-bond acceptors (Lipinski definition) is 2. The molecule has 0 spiro atoms. The molecule has 0 bridgehead atoms. The van der Waals surface area contributed by atoms with Crippen molar-refractivity contribution in [1.29, 1.82) is 0 Å². The van der Waals surface area contributed by atoms with Crippen LogP contribution < -0.4 is 11.1 Å². The van der Waals surface area contributed by atoms with Crippen molar-refractivity contribution in [2.75, 3.05) is 11.9 Å². The lowest BCUT2D eigenvalue weighted by atomic mass is 9.92. The minimum absolute atomic E-state index is 0.211. The predicted molar refractivity (Wildman–Crippen MR) is 74.8 cm³/mol. The summed E-state index contributed by atoms with van der Waals surface area (Å²) in [4.78, 5) is 0.211. The van der Waals surface area contributed by atoms with Gasteiger partial charge in [-0.15, -0.1) is 0 Å². The summed E-state index contributed by atoms with van der Waals surface area (Å²) in [6, 6.07) is 4.44. The molecule has 4 heteroatoms. The zero-order chi connectivity index (χ0) is 13.1. The molecule has 0 saturated heterocycles. The van der Waals surface area contributed by atoms with Crippen molar-refractivity contribution in [1.82, 2.24) is 0 Å². The molecule has 3 N–H and O–H groups in total. The molecular weight excluding hydrogens is 235 g/mol. The minimum atomic E-state index is -0.325. The highest BCUT2D eigenvalue weighted by molar-refractivity contribution is 7.80. The van der Waals surface area contributed by atoms with Crippen LogP contribution in [0.1, 0.15) is 32.8 Å². The average molecular weight is 254 g/mol. The number of rotatable bonds is 4. The van der Waals surface area contributed by atoms with Gasteiger partial charge in [-0.3, -0.25) is 0 Å². The second kappa shape index (κ2) is 5.45. The molecule has 0 aliphatic carbocycles. The molecular formula is C13H19FN2S. The van der Waals surface area contributed by atoms with Crippen LogP contribution in [0.25, 0.3) is 0 Å². The van der Waals surface area contributed by atoms with E-state index in [4.69, 9.17) is 18.0 Å². The molecule has 17 heavy (non-hydrogen) atoms. The summed E-state index contributed by atoms with van der Waals surface area (Å²) in [5.74, 6) is -0.325. The van der Waals surface area contributed by atoms with Crippen LogP contribution in [0.3, 0.4) is 0 Å². The summed E-state index contributed by atoms with van der Waals surface area (Å²) in [5, 5.41) is 3.24. The Bertz CT molecular complexity index is 410. The minimum Gasteiger partial charge on any atom is -0.389 e. The van der Waals surface area contributed by atoms with Crippen LogP contribution in [0.15, 0.2) is 18.2 Å². The molecule has 0 amide bonds. The first-order valence-corrected chi connectivity index (χ1v) is 6.04. The molecule has 0 saturated carbocycles. The fourth-order valence-corrected chi connectivity index (χ4v) is 1.62. The molecule has 0 atom stereocenters. The number of halogens is 1. The monoisotopic (exact) mass is 254 g/mol. The van der Waals surface area contributed by atoms with Crippen LogP contribution in [-0.4, -0.2) is 11.5 Å². The zero-order valence-corrected chi connectivity index (χ0v) is 11.3. The first-order valence-electron chi connectivity index (χ1n) is 5.63. The van der Waals surface area contributed by atoms with E-state index in [2.05, 4.69) is 26.1 Å². The standard InChI is InChI=1S/C13H19FN2S/c1-13(2,3)6-7-16-11-5-4-9(14)8-10(11)12(15)17/h4-5,8,16H,6-7H2,1-3H3,(H2,15,17). The summed E-state index contributed by atoms with van der Waals surface area (Å²) in [6.45, 7) is 7.33. The second-order valence-corrected chi connectivity index (χ2v) is 5.73. The van der Waals surface area contributed by atoms with Crippen LogP contribution in [0.4, 0.5) is 10.1 Å². The van der Waals surface area contributed by atoms with E-state index in [-0.39, 0.29) is 16.2 Å². The Morgan fingerprint density at radius 2 is 2.06 bits per heavy atom. The highest BCUT2D eigenvalue weighted by Crippen LogP contribution is 2.21. The van der Waals surface area contributed by atoms with E-state index in [9.17, 15) is 4.39 Å². The van der Waals surface area contributed by atoms with E-state index in [1.165, 1.54) is 12.1 Å². The van der Waals surface area contributed by atoms with E-state index >= 15 is 0 Å².